The molecular formula is C31H30N2O4S. The minimum Gasteiger partial charge on any atom is -0.507 e. The lowest BCUT2D eigenvalue weighted by Gasteiger charge is -2.23. The summed E-state index contributed by atoms with van der Waals surface area (Å²) in [5, 5.41) is 11.9. The predicted octanol–water partition coefficient (Wildman–Crippen LogP) is 6.98. The highest BCUT2D eigenvalue weighted by Gasteiger charge is 2.48. The van der Waals surface area contributed by atoms with Gasteiger partial charge in [-0.05, 0) is 78.8 Å². The summed E-state index contributed by atoms with van der Waals surface area (Å²) >= 11 is 1.37. The lowest BCUT2D eigenvalue weighted by Crippen LogP contribution is -2.29. The quantitative estimate of drug-likeness (QED) is 0.172. The number of rotatable bonds is 5. The first-order valence-electron chi connectivity index (χ1n) is 12.5. The third-order valence-corrected chi connectivity index (χ3v) is 8.06. The van der Waals surface area contributed by atoms with E-state index in [0.717, 1.165) is 38.0 Å². The monoisotopic (exact) mass is 526 g/mol. The van der Waals surface area contributed by atoms with E-state index in [9.17, 15) is 14.7 Å². The van der Waals surface area contributed by atoms with Gasteiger partial charge in [-0.2, -0.15) is 0 Å². The summed E-state index contributed by atoms with van der Waals surface area (Å²) < 4.78 is 6.30. The van der Waals surface area contributed by atoms with Crippen molar-refractivity contribution in [2.24, 2.45) is 0 Å². The number of amides is 1. The Labute approximate surface area is 226 Å². The van der Waals surface area contributed by atoms with Gasteiger partial charge in [-0.25, -0.2) is 4.98 Å². The molecule has 5 rings (SSSR count). The molecule has 1 saturated heterocycles. The number of aromatic nitrogens is 1. The molecule has 6 nitrogen and oxygen atoms in total. The number of benzene rings is 3. The van der Waals surface area contributed by atoms with Crippen molar-refractivity contribution in [3.63, 3.8) is 0 Å². The van der Waals surface area contributed by atoms with Gasteiger partial charge in [0.25, 0.3) is 5.78 Å². The van der Waals surface area contributed by atoms with Crippen LogP contribution in [0.15, 0.2) is 60.2 Å². The number of ether oxygens (including phenoxy) is 1. The fourth-order valence-electron chi connectivity index (χ4n) is 5.05. The van der Waals surface area contributed by atoms with Gasteiger partial charge in [0, 0.05) is 5.56 Å². The zero-order chi connectivity index (χ0) is 27.3. The Morgan fingerprint density at radius 1 is 1.00 bits per heavy atom. The minimum atomic E-state index is -0.819. The third-order valence-electron chi connectivity index (χ3n) is 7.06. The fourth-order valence-corrected chi connectivity index (χ4v) is 6.22. The number of ketones is 1. The van der Waals surface area contributed by atoms with Gasteiger partial charge in [0.15, 0.2) is 5.13 Å². The number of thiazole rings is 1. The fraction of sp³-hybridized carbons (Fsp3) is 0.258. The second-order valence-corrected chi connectivity index (χ2v) is 11.1. The zero-order valence-corrected chi connectivity index (χ0v) is 23.1. The lowest BCUT2D eigenvalue weighted by molar-refractivity contribution is -0.132. The van der Waals surface area contributed by atoms with Crippen LogP contribution in [0.2, 0.25) is 0 Å². The van der Waals surface area contributed by atoms with Crippen LogP contribution in [0.1, 0.15) is 59.2 Å². The van der Waals surface area contributed by atoms with Crippen LogP contribution in [0, 0.1) is 20.8 Å². The molecule has 1 aliphatic rings. The van der Waals surface area contributed by atoms with Crippen LogP contribution in [0.25, 0.3) is 16.0 Å². The molecule has 1 N–H and O–H groups in total. The Morgan fingerprint density at radius 3 is 2.34 bits per heavy atom. The maximum absolute atomic E-state index is 13.6. The van der Waals surface area contributed by atoms with E-state index in [2.05, 4.69) is 13.8 Å². The Balaban J connectivity index is 1.73. The summed E-state index contributed by atoms with van der Waals surface area (Å²) in [5.74, 6) is -0.664. The number of hydrogen-bond acceptors (Lipinski definition) is 6. The van der Waals surface area contributed by atoms with E-state index in [1.54, 1.807) is 25.3 Å². The van der Waals surface area contributed by atoms with Gasteiger partial charge in [-0.1, -0.05) is 55.5 Å². The lowest BCUT2D eigenvalue weighted by atomic mass is 9.93. The molecule has 0 radical (unpaired) electrons. The van der Waals surface area contributed by atoms with E-state index in [1.165, 1.54) is 16.2 Å². The second kappa shape index (κ2) is 9.72. The topological polar surface area (TPSA) is 79.7 Å². The Kier molecular flexibility index (Phi) is 6.57. The normalized spacial score (nSPS) is 17.1. The van der Waals surface area contributed by atoms with Crippen molar-refractivity contribution < 1.29 is 19.4 Å². The summed E-state index contributed by atoms with van der Waals surface area (Å²) in [6, 6.07) is 16.3. The number of Topliss-reactive ketones (excluding diaryl/α,β-unsaturated/α-hetero) is 1. The molecule has 1 aliphatic heterocycles. The molecule has 1 amide bonds. The largest absolute Gasteiger partial charge is 0.507 e. The van der Waals surface area contributed by atoms with Crippen molar-refractivity contribution in [3.05, 3.63) is 93.6 Å². The second-order valence-electron chi connectivity index (χ2n) is 10.1. The maximum atomic E-state index is 13.6. The molecule has 0 bridgehead atoms. The Bertz CT molecular complexity index is 1620. The van der Waals surface area contributed by atoms with Crippen LogP contribution in [0.3, 0.4) is 0 Å². The van der Waals surface area contributed by atoms with Crippen LogP contribution in [0.5, 0.6) is 5.75 Å². The van der Waals surface area contributed by atoms with Crippen LogP contribution in [0.4, 0.5) is 5.13 Å². The van der Waals surface area contributed by atoms with Gasteiger partial charge in [0.2, 0.25) is 0 Å². The van der Waals surface area contributed by atoms with E-state index in [4.69, 9.17) is 9.72 Å². The number of fused-ring (bicyclic) bond motifs is 1. The minimum absolute atomic E-state index is 0.0454. The van der Waals surface area contributed by atoms with Crippen molar-refractivity contribution >= 4 is 44.1 Å². The molecule has 3 aromatic carbocycles. The first kappa shape index (κ1) is 25.7. The average Bonchev–Trinajstić information content (AvgIpc) is 3.42. The maximum Gasteiger partial charge on any atom is 0.301 e. The predicted molar refractivity (Wildman–Crippen MR) is 152 cm³/mol. The molecule has 0 spiro atoms. The zero-order valence-electron chi connectivity index (χ0n) is 22.3. The number of nitrogens with zero attached hydrogens (tertiary/aromatic N) is 2. The highest BCUT2D eigenvalue weighted by Crippen LogP contribution is 2.45. The van der Waals surface area contributed by atoms with Crippen LogP contribution in [-0.2, 0) is 9.59 Å². The summed E-state index contributed by atoms with van der Waals surface area (Å²) in [4.78, 5) is 33.4. The summed E-state index contributed by atoms with van der Waals surface area (Å²) in [6.07, 6.45) is 0. The molecule has 0 saturated carbocycles. The number of hydrogen-bond donors (Lipinski definition) is 1. The molecule has 194 valence electrons. The van der Waals surface area contributed by atoms with Gasteiger partial charge < -0.3 is 9.84 Å². The van der Waals surface area contributed by atoms with Gasteiger partial charge in [-0.15, -0.1) is 0 Å². The molecule has 7 heteroatoms. The van der Waals surface area contributed by atoms with Gasteiger partial charge in [0.05, 0.1) is 28.9 Å². The summed E-state index contributed by atoms with van der Waals surface area (Å²) in [6.45, 7) is 10.1. The van der Waals surface area contributed by atoms with Crippen LogP contribution < -0.4 is 9.64 Å². The SMILES string of the molecule is COc1ccc(/C(O)=C2\C(=O)C(=O)N(c3nc4c(C)cc(C)cc4s3)C2c2ccc(C(C)C)cc2)cc1C. The van der Waals surface area contributed by atoms with Crippen LogP contribution >= 0.6 is 11.3 Å². The highest BCUT2D eigenvalue weighted by molar-refractivity contribution is 7.22. The summed E-state index contributed by atoms with van der Waals surface area (Å²) in [5.41, 5.74) is 6.08. The van der Waals surface area contributed by atoms with E-state index >= 15 is 0 Å². The highest BCUT2D eigenvalue weighted by atomic mass is 32.1. The number of aliphatic hydroxyl groups excluding tert-OH is 1. The van der Waals surface area contributed by atoms with E-state index in [1.807, 2.05) is 57.2 Å². The van der Waals surface area contributed by atoms with Crippen molar-refractivity contribution in [3.8, 4) is 5.75 Å². The van der Waals surface area contributed by atoms with Crippen molar-refractivity contribution in [2.45, 2.75) is 46.6 Å². The number of carbonyl (C=O) groups excluding carboxylic acids is 2. The van der Waals surface area contributed by atoms with Crippen LogP contribution in [-0.4, -0.2) is 28.9 Å². The molecule has 1 fully saturated rings. The number of aliphatic hydroxyl groups is 1. The average molecular weight is 527 g/mol. The van der Waals surface area contributed by atoms with Gasteiger partial charge >= 0.3 is 5.91 Å². The van der Waals surface area contributed by atoms with Gasteiger partial charge in [0.1, 0.15) is 11.5 Å². The molecule has 1 aromatic heterocycles. The molecule has 4 aromatic rings. The Hall–Kier alpha value is -3.97. The number of aryl methyl sites for hydroxylation is 3. The first-order valence-corrected chi connectivity index (χ1v) is 13.4. The Morgan fingerprint density at radius 2 is 1.71 bits per heavy atom. The van der Waals surface area contributed by atoms with E-state index < -0.39 is 17.7 Å². The number of anilines is 1. The van der Waals surface area contributed by atoms with E-state index in [-0.39, 0.29) is 11.3 Å². The molecule has 0 aliphatic carbocycles. The van der Waals surface area contributed by atoms with Crippen molar-refractivity contribution in [2.75, 3.05) is 12.0 Å². The first-order chi connectivity index (χ1) is 18.1. The smallest absolute Gasteiger partial charge is 0.301 e. The molecule has 38 heavy (non-hydrogen) atoms. The van der Waals surface area contributed by atoms with Crippen molar-refractivity contribution in [1.82, 2.24) is 4.98 Å². The molecular weight excluding hydrogens is 496 g/mol. The number of methoxy groups -OCH3 is 1. The molecule has 1 unspecified atom stereocenters. The van der Waals surface area contributed by atoms with Gasteiger partial charge in [-0.3, -0.25) is 14.5 Å². The number of carbonyl (C=O) groups is 2. The standard InChI is InChI=1S/C31H30N2O4S/c1-16(2)20-7-9-21(10-8-20)27-25(28(34)22-11-12-23(37-6)18(4)15-22)29(35)30(36)33(27)31-32-26-19(5)13-17(3)14-24(26)38-31/h7-16,27,34H,1-6H3/b28-25+. The van der Waals surface area contributed by atoms with E-state index in [0.29, 0.717) is 22.4 Å². The molecule has 2 heterocycles. The summed E-state index contributed by atoms with van der Waals surface area (Å²) in [7, 11) is 1.58. The van der Waals surface area contributed by atoms with Crippen molar-refractivity contribution in [1.29, 1.82) is 0 Å². The molecule has 1 atom stereocenters. The third kappa shape index (κ3) is 4.27.